The van der Waals surface area contributed by atoms with Crippen molar-refractivity contribution in [3.63, 3.8) is 0 Å². The number of carbonyl (C=O) groups excluding carboxylic acids is 1. The van der Waals surface area contributed by atoms with Crippen LogP contribution in [0.4, 0.5) is 4.79 Å². The number of carbonyl (C=O) groups is 1. The van der Waals surface area contributed by atoms with E-state index < -0.39 is 6.10 Å². The summed E-state index contributed by atoms with van der Waals surface area (Å²) in [7, 11) is 1.59. The van der Waals surface area contributed by atoms with E-state index in [1.807, 2.05) is 13.8 Å². The maximum Gasteiger partial charge on any atom is 0.315 e. The molecule has 0 aromatic heterocycles. The van der Waals surface area contributed by atoms with Gasteiger partial charge in [0.1, 0.15) is 5.75 Å². The van der Waals surface area contributed by atoms with Gasteiger partial charge in [0.2, 0.25) is 0 Å². The fraction of sp³-hybridized carbons (Fsp3) is 0.500. The molecule has 5 nitrogen and oxygen atoms in total. The van der Waals surface area contributed by atoms with Gasteiger partial charge >= 0.3 is 6.03 Å². The van der Waals surface area contributed by atoms with E-state index >= 15 is 0 Å². The molecule has 0 spiro atoms. The molecule has 5 heteroatoms. The molecule has 1 aromatic rings. The number of urea groups is 1. The molecular formula is C14H22N2O3. The summed E-state index contributed by atoms with van der Waals surface area (Å²) in [4.78, 5) is 11.5. The molecule has 0 radical (unpaired) electrons. The summed E-state index contributed by atoms with van der Waals surface area (Å²) in [6, 6.07) is 6.51. The standard InChI is InChI=1S/C14H22N2O3/c1-9(2)15-14(18)16-10(3)13(17)11-5-7-12(19-4)8-6-11/h5-10,13,17H,1-4H3,(H2,15,16,18). The van der Waals surface area contributed by atoms with Gasteiger partial charge in [0, 0.05) is 6.04 Å². The van der Waals surface area contributed by atoms with E-state index in [1.165, 1.54) is 0 Å². The first-order valence-electron chi connectivity index (χ1n) is 6.33. The van der Waals surface area contributed by atoms with Gasteiger partial charge < -0.3 is 20.5 Å². The highest BCUT2D eigenvalue weighted by molar-refractivity contribution is 5.74. The third kappa shape index (κ3) is 4.79. The van der Waals surface area contributed by atoms with Crippen LogP contribution >= 0.6 is 0 Å². The fourth-order valence-corrected chi connectivity index (χ4v) is 1.68. The van der Waals surface area contributed by atoms with Crippen LogP contribution in [0.25, 0.3) is 0 Å². The average Bonchev–Trinajstić information content (AvgIpc) is 2.36. The maximum absolute atomic E-state index is 11.5. The number of methoxy groups -OCH3 is 1. The summed E-state index contributed by atoms with van der Waals surface area (Å²) in [5, 5.41) is 15.6. The van der Waals surface area contributed by atoms with Gasteiger partial charge in [0.15, 0.2) is 0 Å². The summed E-state index contributed by atoms with van der Waals surface area (Å²) in [5.41, 5.74) is 0.734. The fourth-order valence-electron chi connectivity index (χ4n) is 1.68. The number of rotatable bonds is 5. The minimum Gasteiger partial charge on any atom is -0.497 e. The summed E-state index contributed by atoms with van der Waals surface area (Å²) in [6.45, 7) is 5.52. The van der Waals surface area contributed by atoms with Gasteiger partial charge in [0.05, 0.1) is 19.3 Å². The lowest BCUT2D eigenvalue weighted by Crippen LogP contribution is -2.45. The van der Waals surface area contributed by atoms with Gasteiger partial charge in [-0.25, -0.2) is 4.79 Å². The summed E-state index contributed by atoms with van der Waals surface area (Å²) in [5.74, 6) is 0.731. The molecule has 106 valence electrons. The third-order valence-electron chi connectivity index (χ3n) is 2.71. The molecular weight excluding hydrogens is 244 g/mol. The monoisotopic (exact) mass is 266 g/mol. The van der Waals surface area contributed by atoms with E-state index in [4.69, 9.17) is 4.74 Å². The highest BCUT2D eigenvalue weighted by Gasteiger charge is 2.18. The number of aliphatic hydroxyl groups excluding tert-OH is 1. The lowest BCUT2D eigenvalue weighted by atomic mass is 10.0. The molecule has 2 amide bonds. The second kappa shape index (κ2) is 6.99. The molecule has 0 aliphatic heterocycles. The zero-order chi connectivity index (χ0) is 14.4. The van der Waals surface area contributed by atoms with Gasteiger partial charge in [-0.05, 0) is 38.5 Å². The average molecular weight is 266 g/mol. The van der Waals surface area contributed by atoms with Crippen LogP contribution in [0.15, 0.2) is 24.3 Å². The van der Waals surface area contributed by atoms with E-state index in [9.17, 15) is 9.90 Å². The summed E-state index contributed by atoms with van der Waals surface area (Å²) < 4.78 is 5.06. The minimum absolute atomic E-state index is 0.0605. The molecule has 0 fully saturated rings. The summed E-state index contributed by atoms with van der Waals surface area (Å²) in [6.07, 6.45) is -0.760. The van der Waals surface area contributed by atoms with Crippen LogP contribution in [0.3, 0.4) is 0 Å². The molecule has 2 unspecified atom stereocenters. The quantitative estimate of drug-likeness (QED) is 0.761. The van der Waals surface area contributed by atoms with Crippen molar-refractivity contribution in [3.8, 4) is 5.75 Å². The number of nitrogens with one attached hydrogen (secondary N) is 2. The number of hydrogen-bond donors (Lipinski definition) is 3. The third-order valence-corrected chi connectivity index (χ3v) is 2.71. The molecule has 2 atom stereocenters. The molecule has 0 bridgehead atoms. The lowest BCUT2D eigenvalue weighted by molar-refractivity contribution is 0.137. The van der Waals surface area contributed by atoms with Gasteiger partial charge in [-0.1, -0.05) is 12.1 Å². The van der Waals surface area contributed by atoms with E-state index in [1.54, 1.807) is 38.3 Å². The Hall–Kier alpha value is -1.75. The zero-order valence-electron chi connectivity index (χ0n) is 11.8. The molecule has 0 saturated heterocycles. The molecule has 0 aliphatic rings. The number of aliphatic hydroxyl groups is 1. The van der Waals surface area contributed by atoms with E-state index in [2.05, 4.69) is 10.6 Å². The number of ether oxygens (including phenoxy) is 1. The van der Waals surface area contributed by atoms with Crippen molar-refractivity contribution < 1.29 is 14.6 Å². The Morgan fingerprint density at radius 3 is 2.21 bits per heavy atom. The highest BCUT2D eigenvalue weighted by atomic mass is 16.5. The SMILES string of the molecule is COc1ccc(C(O)C(C)NC(=O)NC(C)C)cc1. The minimum atomic E-state index is -0.760. The smallest absolute Gasteiger partial charge is 0.315 e. The molecule has 0 aliphatic carbocycles. The first-order chi connectivity index (χ1) is 8.93. The Labute approximate surface area is 114 Å². The van der Waals surface area contributed by atoms with Gasteiger partial charge in [-0.3, -0.25) is 0 Å². The molecule has 0 heterocycles. The van der Waals surface area contributed by atoms with Gasteiger partial charge in [-0.2, -0.15) is 0 Å². The number of benzene rings is 1. The Kier molecular flexibility index (Phi) is 5.63. The van der Waals surface area contributed by atoms with Crippen LogP contribution < -0.4 is 15.4 Å². The largest absolute Gasteiger partial charge is 0.497 e. The van der Waals surface area contributed by atoms with Crippen molar-refractivity contribution in [3.05, 3.63) is 29.8 Å². The predicted molar refractivity (Wildman–Crippen MR) is 74.2 cm³/mol. The van der Waals surface area contributed by atoms with Crippen LogP contribution in [0.5, 0.6) is 5.75 Å². The maximum atomic E-state index is 11.5. The lowest BCUT2D eigenvalue weighted by Gasteiger charge is -2.21. The Morgan fingerprint density at radius 2 is 1.74 bits per heavy atom. The van der Waals surface area contributed by atoms with Crippen LogP contribution in [-0.2, 0) is 0 Å². The molecule has 3 N–H and O–H groups in total. The van der Waals surface area contributed by atoms with Crippen LogP contribution in [0.1, 0.15) is 32.4 Å². The molecule has 1 rings (SSSR count). The number of hydrogen-bond acceptors (Lipinski definition) is 3. The Bertz CT molecular complexity index is 404. The normalized spacial score (nSPS) is 13.8. The summed E-state index contributed by atoms with van der Waals surface area (Å²) >= 11 is 0. The van der Waals surface area contributed by atoms with Crippen LogP contribution in [-0.4, -0.2) is 30.3 Å². The van der Waals surface area contributed by atoms with E-state index in [0.717, 1.165) is 11.3 Å². The van der Waals surface area contributed by atoms with E-state index in [-0.39, 0.29) is 18.1 Å². The van der Waals surface area contributed by atoms with Crippen molar-refractivity contribution in [2.45, 2.75) is 39.0 Å². The Balaban J connectivity index is 2.60. The van der Waals surface area contributed by atoms with Gasteiger partial charge in [-0.15, -0.1) is 0 Å². The highest BCUT2D eigenvalue weighted by Crippen LogP contribution is 2.20. The first kappa shape index (κ1) is 15.3. The molecule has 0 saturated carbocycles. The van der Waals surface area contributed by atoms with Crippen molar-refractivity contribution >= 4 is 6.03 Å². The second-order valence-corrected chi connectivity index (χ2v) is 4.78. The topological polar surface area (TPSA) is 70.6 Å². The van der Waals surface area contributed by atoms with Crippen molar-refractivity contribution in [2.24, 2.45) is 0 Å². The second-order valence-electron chi connectivity index (χ2n) is 4.78. The van der Waals surface area contributed by atoms with Crippen molar-refractivity contribution in [1.29, 1.82) is 0 Å². The zero-order valence-corrected chi connectivity index (χ0v) is 11.8. The number of amides is 2. The molecule has 1 aromatic carbocycles. The first-order valence-corrected chi connectivity index (χ1v) is 6.33. The van der Waals surface area contributed by atoms with E-state index in [0.29, 0.717) is 0 Å². The van der Waals surface area contributed by atoms with Crippen molar-refractivity contribution in [1.82, 2.24) is 10.6 Å². The van der Waals surface area contributed by atoms with Crippen molar-refractivity contribution in [2.75, 3.05) is 7.11 Å². The molecule has 19 heavy (non-hydrogen) atoms. The van der Waals surface area contributed by atoms with Crippen LogP contribution in [0.2, 0.25) is 0 Å². The van der Waals surface area contributed by atoms with Crippen LogP contribution in [0, 0.1) is 0 Å². The predicted octanol–water partition coefficient (Wildman–Crippen LogP) is 1.82. The van der Waals surface area contributed by atoms with Gasteiger partial charge in [0.25, 0.3) is 0 Å². The Morgan fingerprint density at radius 1 is 1.16 bits per heavy atom.